The molecule has 1 aliphatic heterocycles. The van der Waals surface area contributed by atoms with Crippen LogP contribution in [-0.4, -0.2) is 31.0 Å². The van der Waals surface area contributed by atoms with E-state index in [1.807, 2.05) is 0 Å². The van der Waals surface area contributed by atoms with Crippen molar-refractivity contribution in [2.24, 2.45) is 0 Å². The number of halogens is 1. The number of hydrogen-bond donors (Lipinski definition) is 1. The van der Waals surface area contributed by atoms with E-state index in [9.17, 15) is 4.79 Å². The molecule has 9 heavy (non-hydrogen) atoms. The van der Waals surface area contributed by atoms with Crippen LogP contribution >= 0.6 is 11.6 Å². The summed E-state index contributed by atoms with van der Waals surface area (Å²) in [5.74, 6) is 0. The van der Waals surface area contributed by atoms with Crippen LogP contribution in [0, 0.1) is 0 Å². The van der Waals surface area contributed by atoms with Crippen LogP contribution < -0.4 is 5.32 Å². The van der Waals surface area contributed by atoms with Gasteiger partial charge >= 0.3 is 0 Å². The van der Waals surface area contributed by atoms with Gasteiger partial charge in [-0.15, -0.1) is 0 Å². The third-order valence-electron chi connectivity index (χ3n) is 1.20. The molecule has 1 unspecified atom stereocenters. The van der Waals surface area contributed by atoms with Gasteiger partial charge in [0, 0.05) is 6.54 Å². The third kappa shape index (κ3) is 1.93. The molecule has 0 aromatic heterocycles. The van der Waals surface area contributed by atoms with Crippen LogP contribution in [0.15, 0.2) is 0 Å². The number of rotatable bonds is 1. The molecule has 1 heterocycles. The summed E-state index contributed by atoms with van der Waals surface area (Å²) in [7, 11) is 0. The Bertz CT molecular complexity index is 112. The molecule has 0 spiro atoms. The SMILES string of the molecule is O=C(Cl)C1COCCN1. The molecule has 4 heteroatoms. The monoisotopic (exact) mass is 149 g/mol. The quantitative estimate of drug-likeness (QED) is 0.522. The molecular weight excluding hydrogens is 142 g/mol. The Morgan fingerprint density at radius 2 is 2.56 bits per heavy atom. The molecular formula is C5H8ClNO2. The minimum absolute atomic E-state index is 0.291. The summed E-state index contributed by atoms with van der Waals surface area (Å²) >= 11 is 5.18. The Labute approximate surface area is 58.3 Å². The summed E-state index contributed by atoms with van der Waals surface area (Å²) < 4.78 is 4.98. The number of morpholine rings is 1. The lowest BCUT2D eigenvalue weighted by Crippen LogP contribution is -2.44. The van der Waals surface area contributed by atoms with E-state index in [1.165, 1.54) is 0 Å². The fraction of sp³-hybridized carbons (Fsp3) is 0.800. The standard InChI is InChI=1S/C5H8ClNO2/c6-5(8)4-3-9-2-1-7-4/h4,7H,1-3H2. The molecule has 1 atom stereocenters. The Hall–Kier alpha value is -0.120. The zero-order chi connectivity index (χ0) is 6.69. The van der Waals surface area contributed by atoms with Gasteiger partial charge in [0.2, 0.25) is 5.24 Å². The van der Waals surface area contributed by atoms with Gasteiger partial charge in [-0.1, -0.05) is 0 Å². The van der Waals surface area contributed by atoms with Gasteiger partial charge in [-0.05, 0) is 11.6 Å². The van der Waals surface area contributed by atoms with Crippen LogP contribution in [-0.2, 0) is 9.53 Å². The maximum Gasteiger partial charge on any atom is 0.240 e. The van der Waals surface area contributed by atoms with Crippen LogP contribution in [0.25, 0.3) is 0 Å². The highest BCUT2D eigenvalue weighted by molar-refractivity contribution is 6.64. The van der Waals surface area contributed by atoms with E-state index in [0.717, 1.165) is 0 Å². The van der Waals surface area contributed by atoms with Crippen LogP contribution in [0.4, 0.5) is 0 Å². The minimum atomic E-state index is -0.366. The lowest BCUT2D eigenvalue weighted by Gasteiger charge is -2.19. The van der Waals surface area contributed by atoms with Gasteiger partial charge in [0.05, 0.1) is 13.2 Å². The van der Waals surface area contributed by atoms with Crippen molar-refractivity contribution >= 4 is 16.8 Å². The molecule has 0 aromatic carbocycles. The van der Waals surface area contributed by atoms with E-state index < -0.39 is 0 Å². The normalized spacial score (nSPS) is 27.9. The molecule has 1 aliphatic rings. The lowest BCUT2D eigenvalue weighted by atomic mass is 10.3. The molecule has 0 aliphatic carbocycles. The Morgan fingerprint density at radius 1 is 1.78 bits per heavy atom. The molecule has 52 valence electrons. The number of hydrogen-bond acceptors (Lipinski definition) is 3. The molecule has 3 nitrogen and oxygen atoms in total. The van der Waals surface area contributed by atoms with E-state index in [4.69, 9.17) is 16.3 Å². The lowest BCUT2D eigenvalue weighted by molar-refractivity contribution is -0.116. The second-order valence-electron chi connectivity index (χ2n) is 1.89. The molecule has 0 saturated carbocycles. The van der Waals surface area contributed by atoms with Crippen LogP contribution in [0.1, 0.15) is 0 Å². The van der Waals surface area contributed by atoms with E-state index in [-0.39, 0.29) is 11.3 Å². The first-order chi connectivity index (χ1) is 4.30. The highest BCUT2D eigenvalue weighted by Crippen LogP contribution is 1.96. The first-order valence-corrected chi connectivity index (χ1v) is 3.19. The Balaban J connectivity index is 2.31. The highest BCUT2D eigenvalue weighted by atomic mass is 35.5. The number of carbonyl (C=O) groups excluding carboxylic acids is 1. The van der Waals surface area contributed by atoms with Crippen molar-refractivity contribution < 1.29 is 9.53 Å². The van der Waals surface area contributed by atoms with E-state index >= 15 is 0 Å². The molecule has 0 amide bonds. The number of nitrogens with one attached hydrogen (secondary N) is 1. The summed E-state index contributed by atoms with van der Waals surface area (Å²) in [6, 6.07) is -0.291. The molecule has 1 N–H and O–H groups in total. The van der Waals surface area contributed by atoms with Gasteiger partial charge in [-0.2, -0.15) is 0 Å². The maximum atomic E-state index is 10.4. The largest absolute Gasteiger partial charge is 0.378 e. The van der Waals surface area contributed by atoms with Crippen LogP contribution in [0.2, 0.25) is 0 Å². The van der Waals surface area contributed by atoms with Gasteiger partial charge in [-0.3, -0.25) is 4.79 Å². The third-order valence-corrected chi connectivity index (χ3v) is 1.46. The molecule has 1 fully saturated rings. The van der Waals surface area contributed by atoms with Crippen LogP contribution in [0.5, 0.6) is 0 Å². The zero-order valence-electron chi connectivity index (χ0n) is 4.89. The average Bonchev–Trinajstić information content (AvgIpc) is 1.90. The predicted molar refractivity (Wildman–Crippen MR) is 33.5 cm³/mol. The van der Waals surface area contributed by atoms with Gasteiger partial charge in [0.25, 0.3) is 0 Å². The summed E-state index contributed by atoms with van der Waals surface area (Å²) in [5.41, 5.74) is 0. The number of carbonyl (C=O) groups is 1. The number of ether oxygens (including phenoxy) is 1. The minimum Gasteiger partial charge on any atom is -0.378 e. The summed E-state index contributed by atoms with van der Waals surface area (Å²) in [5, 5.41) is 2.55. The maximum absolute atomic E-state index is 10.4. The molecule has 1 saturated heterocycles. The van der Waals surface area contributed by atoms with Crippen molar-refractivity contribution in [1.82, 2.24) is 5.32 Å². The Morgan fingerprint density at radius 3 is 2.89 bits per heavy atom. The van der Waals surface area contributed by atoms with E-state index in [0.29, 0.717) is 19.8 Å². The topological polar surface area (TPSA) is 38.3 Å². The average molecular weight is 150 g/mol. The van der Waals surface area contributed by atoms with Crippen molar-refractivity contribution in [3.63, 3.8) is 0 Å². The molecule has 0 aromatic rings. The second-order valence-corrected chi connectivity index (χ2v) is 2.26. The van der Waals surface area contributed by atoms with Gasteiger partial charge in [0.1, 0.15) is 6.04 Å². The smallest absolute Gasteiger partial charge is 0.240 e. The molecule has 1 rings (SSSR count). The first-order valence-electron chi connectivity index (χ1n) is 2.81. The van der Waals surface area contributed by atoms with Crippen LogP contribution in [0.3, 0.4) is 0 Å². The van der Waals surface area contributed by atoms with Crippen molar-refractivity contribution in [1.29, 1.82) is 0 Å². The summed E-state index contributed by atoms with van der Waals surface area (Å²) in [6.45, 7) is 1.78. The Kier molecular flexibility index (Phi) is 2.45. The first kappa shape index (κ1) is 6.99. The summed E-state index contributed by atoms with van der Waals surface area (Å²) in [4.78, 5) is 10.4. The summed E-state index contributed by atoms with van der Waals surface area (Å²) in [6.07, 6.45) is 0. The highest BCUT2D eigenvalue weighted by Gasteiger charge is 2.18. The van der Waals surface area contributed by atoms with Crippen molar-refractivity contribution in [3.8, 4) is 0 Å². The van der Waals surface area contributed by atoms with Crippen molar-refractivity contribution in [2.75, 3.05) is 19.8 Å². The van der Waals surface area contributed by atoms with E-state index in [2.05, 4.69) is 5.32 Å². The molecule has 0 bridgehead atoms. The molecule has 0 radical (unpaired) electrons. The van der Waals surface area contributed by atoms with E-state index in [1.54, 1.807) is 0 Å². The predicted octanol–water partition coefficient (Wildman–Crippen LogP) is -0.260. The fourth-order valence-electron chi connectivity index (χ4n) is 0.711. The van der Waals surface area contributed by atoms with Crippen molar-refractivity contribution in [2.45, 2.75) is 6.04 Å². The van der Waals surface area contributed by atoms with Gasteiger partial charge < -0.3 is 10.1 Å². The van der Waals surface area contributed by atoms with Gasteiger partial charge in [0.15, 0.2) is 0 Å². The second kappa shape index (κ2) is 3.15. The zero-order valence-corrected chi connectivity index (χ0v) is 5.65. The van der Waals surface area contributed by atoms with Gasteiger partial charge in [-0.25, -0.2) is 0 Å². The fourth-order valence-corrected chi connectivity index (χ4v) is 0.851. The van der Waals surface area contributed by atoms with Crippen molar-refractivity contribution in [3.05, 3.63) is 0 Å².